The molecule has 0 spiro atoms. The highest BCUT2D eigenvalue weighted by Crippen LogP contribution is 2.20. The number of aryl methyl sites for hydroxylation is 1. The van der Waals surface area contributed by atoms with Crippen molar-refractivity contribution in [2.45, 2.75) is 39.7 Å². The van der Waals surface area contributed by atoms with Crippen molar-refractivity contribution in [2.24, 2.45) is 0 Å². The second kappa shape index (κ2) is 7.23. The molecule has 1 aromatic rings. The van der Waals surface area contributed by atoms with Crippen LogP contribution in [0.25, 0.3) is 0 Å². The van der Waals surface area contributed by atoms with Gasteiger partial charge in [0.1, 0.15) is 5.15 Å². The van der Waals surface area contributed by atoms with Crippen LogP contribution in [0.2, 0.25) is 5.15 Å². The highest BCUT2D eigenvalue weighted by Gasteiger charge is 2.29. The van der Waals surface area contributed by atoms with Crippen molar-refractivity contribution < 1.29 is 4.79 Å². The van der Waals surface area contributed by atoms with Crippen molar-refractivity contribution in [3.05, 3.63) is 28.5 Å². The summed E-state index contributed by atoms with van der Waals surface area (Å²) < 4.78 is 0. The van der Waals surface area contributed by atoms with Gasteiger partial charge in [-0.15, -0.1) is 0 Å². The molecular formula is C16H24ClN3O. The average Bonchev–Trinajstić information content (AvgIpc) is 2.96. The fraction of sp³-hybridized carbons (Fsp3) is 0.625. The molecule has 1 unspecified atom stereocenters. The molecule has 4 nitrogen and oxygen atoms in total. The summed E-state index contributed by atoms with van der Waals surface area (Å²) in [6.45, 7) is 10.0. The zero-order valence-electron chi connectivity index (χ0n) is 13.1. The molecule has 1 atom stereocenters. The fourth-order valence-electron chi connectivity index (χ4n) is 3.00. The third kappa shape index (κ3) is 3.74. The van der Waals surface area contributed by atoms with Crippen LogP contribution in [-0.2, 0) is 6.42 Å². The molecule has 1 aromatic heterocycles. The van der Waals surface area contributed by atoms with E-state index >= 15 is 0 Å². The number of hydrogen-bond donors (Lipinski definition) is 0. The van der Waals surface area contributed by atoms with E-state index in [2.05, 4.69) is 23.7 Å². The lowest BCUT2D eigenvalue weighted by Crippen LogP contribution is -2.38. The van der Waals surface area contributed by atoms with Crippen molar-refractivity contribution in [1.82, 2.24) is 14.8 Å². The molecule has 0 aliphatic carbocycles. The number of likely N-dealkylation sites (tertiary alicyclic amines) is 1. The van der Waals surface area contributed by atoms with Crippen molar-refractivity contribution in [1.29, 1.82) is 0 Å². The number of nitrogens with zero attached hydrogens (tertiary/aromatic N) is 3. The molecule has 0 radical (unpaired) electrons. The van der Waals surface area contributed by atoms with E-state index in [1.807, 2.05) is 17.9 Å². The Morgan fingerprint density at radius 1 is 1.38 bits per heavy atom. The monoisotopic (exact) mass is 309 g/mol. The number of hydrogen-bond acceptors (Lipinski definition) is 3. The highest BCUT2D eigenvalue weighted by atomic mass is 35.5. The molecule has 5 heteroatoms. The van der Waals surface area contributed by atoms with Crippen LogP contribution < -0.4 is 0 Å². The van der Waals surface area contributed by atoms with Gasteiger partial charge in [0.2, 0.25) is 0 Å². The summed E-state index contributed by atoms with van der Waals surface area (Å²) in [6.07, 6.45) is 1.83. The molecule has 2 rings (SSSR count). The van der Waals surface area contributed by atoms with Gasteiger partial charge < -0.3 is 4.90 Å². The zero-order chi connectivity index (χ0) is 15.4. The second-order valence-electron chi connectivity index (χ2n) is 5.44. The number of halogens is 1. The van der Waals surface area contributed by atoms with E-state index < -0.39 is 0 Å². The number of aromatic nitrogens is 1. The molecule has 1 fully saturated rings. The number of pyridine rings is 1. The van der Waals surface area contributed by atoms with Gasteiger partial charge in [-0.2, -0.15) is 0 Å². The van der Waals surface area contributed by atoms with Gasteiger partial charge in [0, 0.05) is 30.4 Å². The lowest BCUT2D eigenvalue weighted by Gasteiger charge is -2.26. The van der Waals surface area contributed by atoms with Gasteiger partial charge in [-0.25, -0.2) is 4.98 Å². The minimum absolute atomic E-state index is 0.0728. The molecule has 1 aliphatic heterocycles. The summed E-state index contributed by atoms with van der Waals surface area (Å²) in [5, 5.41) is 0.400. The van der Waals surface area contributed by atoms with Gasteiger partial charge >= 0.3 is 0 Å². The smallest absolute Gasteiger partial charge is 0.254 e. The summed E-state index contributed by atoms with van der Waals surface area (Å²) in [6, 6.07) is 4.01. The van der Waals surface area contributed by atoms with Gasteiger partial charge in [0.05, 0.1) is 0 Å². The van der Waals surface area contributed by atoms with E-state index in [-0.39, 0.29) is 5.91 Å². The largest absolute Gasteiger partial charge is 0.337 e. The topological polar surface area (TPSA) is 36.4 Å². The summed E-state index contributed by atoms with van der Waals surface area (Å²) in [4.78, 5) is 21.2. The lowest BCUT2D eigenvalue weighted by molar-refractivity contribution is 0.0777. The van der Waals surface area contributed by atoms with Crippen molar-refractivity contribution >= 4 is 17.5 Å². The Labute approximate surface area is 132 Å². The van der Waals surface area contributed by atoms with E-state index in [1.165, 1.54) is 0 Å². The lowest BCUT2D eigenvalue weighted by atomic mass is 10.2. The summed E-state index contributed by atoms with van der Waals surface area (Å²) in [5.74, 6) is 0.0728. The maximum atomic E-state index is 12.6. The zero-order valence-corrected chi connectivity index (χ0v) is 13.9. The molecule has 0 N–H and O–H groups in total. The first-order valence-corrected chi connectivity index (χ1v) is 8.16. The van der Waals surface area contributed by atoms with E-state index in [9.17, 15) is 4.79 Å². The van der Waals surface area contributed by atoms with Crippen molar-refractivity contribution in [3.63, 3.8) is 0 Å². The van der Waals surface area contributed by atoms with Gasteiger partial charge in [-0.05, 0) is 38.1 Å². The summed E-state index contributed by atoms with van der Waals surface area (Å²) in [5.41, 5.74) is 1.53. The van der Waals surface area contributed by atoms with Gasteiger partial charge in [0.15, 0.2) is 0 Å². The number of rotatable bonds is 5. The van der Waals surface area contributed by atoms with E-state index in [1.54, 1.807) is 6.07 Å². The van der Waals surface area contributed by atoms with Crippen LogP contribution >= 0.6 is 11.6 Å². The Morgan fingerprint density at radius 3 is 2.71 bits per heavy atom. The minimum Gasteiger partial charge on any atom is -0.337 e. The van der Waals surface area contributed by atoms with Gasteiger partial charge in [-0.3, -0.25) is 9.69 Å². The highest BCUT2D eigenvalue weighted by molar-refractivity contribution is 6.29. The molecule has 1 aliphatic rings. The van der Waals surface area contributed by atoms with Crippen LogP contribution in [-0.4, -0.2) is 52.9 Å². The summed E-state index contributed by atoms with van der Waals surface area (Å²) >= 11 is 6.01. The van der Waals surface area contributed by atoms with Crippen LogP contribution in [0.5, 0.6) is 0 Å². The second-order valence-corrected chi connectivity index (χ2v) is 5.83. The first-order valence-electron chi connectivity index (χ1n) is 7.78. The maximum Gasteiger partial charge on any atom is 0.254 e. The Hall–Kier alpha value is -1.13. The Kier molecular flexibility index (Phi) is 5.59. The molecule has 2 heterocycles. The molecule has 21 heavy (non-hydrogen) atoms. The van der Waals surface area contributed by atoms with E-state index in [4.69, 9.17) is 11.6 Å². The van der Waals surface area contributed by atoms with Crippen LogP contribution in [0.4, 0.5) is 0 Å². The maximum absolute atomic E-state index is 12.6. The quantitative estimate of drug-likeness (QED) is 0.785. The first kappa shape index (κ1) is 16.2. The van der Waals surface area contributed by atoms with Crippen LogP contribution in [0.3, 0.4) is 0 Å². The van der Waals surface area contributed by atoms with Crippen LogP contribution in [0, 0.1) is 0 Å². The number of amides is 1. The van der Waals surface area contributed by atoms with Crippen molar-refractivity contribution in [2.75, 3.05) is 26.2 Å². The fourth-order valence-corrected chi connectivity index (χ4v) is 3.23. The molecule has 1 amide bonds. The third-order valence-corrected chi connectivity index (χ3v) is 4.43. The first-order chi connectivity index (χ1) is 10.1. The normalized spacial score (nSPS) is 18.5. The van der Waals surface area contributed by atoms with Crippen LogP contribution in [0.15, 0.2) is 12.1 Å². The Morgan fingerprint density at radius 2 is 2.10 bits per heavy atom. The molecule has 0 saturated carbocycles. The Bertz CT molecular complexity index is 502. The molecule has 1 saturated heterocycles. The van der Waals surface area contributed by atoms with E-state index in [0.717, 1.165) is 44.7 Å². The van der Waals surface area contributed by atoms with Gasteiger partial charge in [0.25, 0.3) is 5.91 Å². The van der Waals surface area contributed by atoms with Crippen molar-refractivity contribution in [3.8, 4) is 0 Å². The molecule has 0 aromatic carbocycles. The standard InChI is InChI=1S/C16H24ClN3O/c1-4-13-9-12(10-15(17)18-13)16(21)20-8-7-14(11-20)19(5-2)6-3/h9-10,14H,4-8,11H2,1-3H3. The number of likely N-dealkylation sites (N-methyl/N-ethyl adjacent to an activating group) is 1. The SMILES string of the molecule is CCc1cc(C(=O)N2CCC(N(CC)CC)C2)cc(Cl)n1. The Balaban J connectivity index is 2.09. The molecule has 0 bridgehead atoms. The number of carbonyl (C=O) groups is 1. The van der Waals surface area contributed by atoms with E-state index in [0.29, 0.717) is 16.8 Å². The third-order valence-electron chi connectivity index (χ3n) is 4.24. The van der Waals surface area contributed by atoms with Crippen LogP contribution in [0.1, 0.15) is 43.2 Å². The predicted molar refractivity (Wildman–Crippen MR) is 85.9 cm³/mol. The number of carbonyl (C=O) groups excluding carboxylic acids is 1. The van der Waals surface area contributed by atoms with Gasteiger partial charge in [-0.1, -0.05) is 32.4 Å². The average molecular weight is 310 g/mol. The predicted octanol–water partition coefficient (Wildman–Crippen LogP) is 2.85. The minimum atomic E-state index is 0.0728. The molecular weight excluding hydrogens is 286 g/mol. The molecule has 116 valence electrons. The summed E-state index contributed by atoms with van der Waals surface area (Å²) in [7, 11) is 0.